The molecular formula is C27H30N2O5. The third-order valence-corrected chi connectivity index (χ3v) is 5.14. The lowest BCUT2D eigenvalue weighted by Gasteiger charge is -2.16. The number of ether oxygens (including phenoxy) is 3. The Hall–Kier alpha value is -4.00. The van der Waals surface area contributed by atoms with Crippen LogP contribution in [0.5, 0.6) is 17.2 Å². The van der Waals surface area contributed by atoms with Crippen molar-refractivity contribution < 1.29 is 23.8 Å². The lowest BCUT2D eigenvalue weighted by Crippen LogP contribution is -2.15. The highest BCUT2D eigenvalue weighted by atomic mass is 16.5. The zero-order chi connectivity index (χ0) is 24.3. The second-order valence-corrected chi connectivity index (χ2v) is 7.74. The zero-order valence-corrected chi connectivity index (χ0v) is 19.7. The van der Waals surface area contributed by atoms with Crippen molar-refractivity contribution >= 4 is 23.2 Å². The smallest absolute Gasteiger partial charge is 0.255 e. The van der Waals surface area contributed by atoms with E-state index in [2.05, 4.69) is 10.6 Å². The Labute approximate surface area is 200 Å². The van der Waals surface area contributed by atoms with Gasteiger partial charge in [0.1, 0.15) is 17.2 Å². The zero-order valence-electron chi connectivity index (χ0n) is 19.7. The van der Waals surface area contributed by atoms with Crippen molar-refractivity contribution in [3.05, 3.63) is 77.9 Å². The lowest BCUT2D eigenvalue weighted by atomic mass is 10.2. The molecule has 0 aliphatic heterocycles. The molecule has 0 saturated carbocycles. The molecule has 0 aliphatic carbocycles. The minimum atomic E-state index is -0.273. The molecule has 2 amide bonds. The van der Waals surface area contributed by atoms with E-state index < -0.39 is 0 Å². The molecule has 0 heterocycles. The van der Waals surface area contributed by atoms with Gasteiger partial charge in [-0.2, -0.15) is 0 Å². The molecular weight excluding hydrogens is 432 g/mol. The van der Waals surface area contributed by atoms with Gasteiger partial charge < -0.3 is 24.8 Å². The first-order valence-corrected chi connectivity index (χ1v) is 11.1. The quantitative estimate of drug-likeness (QED) is 0.370. The molecule has 178 valence electrons. The summed E-state index contributed by atoms with van der Waals surface area (Å²) in [5, 5.41) is 5.69. The molecule has 0 spiro atoms. The second-order valence-electron chi connectivity index (χ2n) is 7.74. The molecule has 0 radical (unpaired) electrons. The van der Waals surface area contributed by atoms with Crippen LogP contribution in [0.2, 0.25) is 0 Å². The van der Waals surface area contributed by atoms with Crippen LogP contribution in [0, 0.1) is 6.92 Å². The van der Waals surface area contributed by atoms with Gasteiger partial charge >= 0.3 is 0 Å². The first-order valence-electron chi connectivity index (χ1n) is 11.1. The molecule has 34 heavy (non-hydrogen) atoms. The van der Waals surface area contributed by atoms with Crippen molar-refractivity contribution in [2.24, 2.45) is 0 Å². The van der Waals surface area contributed by atoms with Gasteiger partial charge in [-0.25, -0.2) is 0 Å². The van der Waals surface area contributed by atoms with Crippen molar-refractivity contribution in [3.63, 3.8) is 0 Å². The molecule has 0 fully saturated rings. The largest absolute Gasteiger partial charge is 0.494 e. The number of aryl methyl sites for hydroxylation is 1. The van der Waals surface area contributed by atoms with Crippen molar-refractivity contribution in [1.82, 2.24) is 0 Å². The van der Waals surface area contributed by atoms with Gasteiger partial charge in [-0.3, -0.25) is 9.59 Å². The molecule has 0 saturated heterocycles. The fourth-order valence-electron chi connectivity index (χ4n) is 3.37. The Kier molecular flexibility index (Phi) is 8.91. The number of amides is 2. The maximum absolute atomic E-state index is 12.5. The van der Waals surface area contributed by atoms with E-state index in [0.29, 0.717) is 47.9 Å². The summed E-state index contributed by atoms with van der Waals surface area (Å²) in [5.41, 5.74) is 2.58. The van der Waals surface area contributed by atoms with Crippen LogP contribution < -0.4 is 24.8 Å². The van der Waals surface area contributed by atoms with Crippen molar-refractivity contribution in [3.8, 4) is 17.2 Å². The number of rotatable bonds is 11. The Bertz CT molecular complexity index is 1120. The molecule has 0 aromatic heterocycles. The van der Waals surface area contributed by atoms with E-state index in [1.807, 2.05) is 37.3 Å². The average Bonchev–Trinajstić information content (AvgIpc) is 2.85. The van der Waals surface area contributed by atoms with Gasteiger partial charge in [-0.15, -0.1) is 0 Å². The summed E-state index contributed by atoms with van der Waals surface area (Å²) in [6, 6.07) is 20.0. The number of nitrogens with one attached hydrogen (secondary N) is 2. The van der Waals surface area contributed by atoms with Gasteiger partial charge in [0.2, 0.25) is 5.91 Å². The van der Waals surface area contributed by atoms with E-state index in [1.54, 1.807) is 36.4 Å². The highest BCUT2D eigenvalue weighted by molar-refractivity contribution is 6.05. The van der Waals surface area contributed by atoms with Crippen molar-refractivity contribution in [1.29, 1.82) is 0 Å². The number of benzene rings is 3. The monoisotopic (exact) mass is 462 g/mol. The highest BCUT2D eigenvalue weighted by Gasteiger charge is 2.16. The fourth-order valence-corrected chi connectivity index (χ4v) is 3.37. The van der Waals surface area contributed by atoms with Gasteiger partial charge in [-0.1, -0.05) is 30.3 Å². The Morgan fingerprint density at radius 1 is 0.794 bits per heavy atom. The third kappa shape index (κ3) is 7.00. The molecule has 7 heteroatoms. The van der Waals surface area contributed by atoms with E-state index in [9.17, 15) is 9.59 Å². The summed E-state index contributed by atoms with van der Waals surface area (Å²) in [6.45, 7) is 2.56. The van der Waals surface area contributed by atoms with E-state index in [0.717, 1.165) is 17.7 Å². The van der Waals surface area contributed by atoms with Crippen LogP contribution in [0.15, 0.2) is 66.7 Å². The molecule has 3 rings (SSSR count). The van der Waals surface area contributed by atoms with Gasteiger partial charge in [-0.05, 0) is 49.6 Å². The van der Waals surface area contributed by atoms with Crippen molar-refractivity contribution in [2.45, 2.75) is 26.2 Å². The average molecular weight is 463 g/mol. The normalized spacial score (nSPS) is 10.3. The predicted octanol–water partition coefficient (Wildman–Crippen LogP) is 5.45. The van der Waals surface area contributed by atoms with Crippen LogP contribution in [0.1, 0.15) is 35.2 Å². The van der Waals surface area contributed by atoms with E-state index in [4.69, 9.17) is 14.2 Å². The Balaban J connectivity index is 1.55. The van der Waals surface area contributed by atoms with Crippen LogP contribution in [0.4, 0.5) is 11.4 Å². The van der Waals surface area contributed by atoms with Gasteiger partial charge in [0, 0.05) is 24.1 Å². The summed E-state index contributed by atoms with van der Waals surface area (Å²) in [5.74, 6) is 1.25. The van der Waals surface area contributed by atoms with Crippen molar-refractivity contribution in [2.75, 3.05) is 31.5 Å². The highest BCUT2D eigenvalue weighted by Crippen LogP contribution is 2.36. The number of unbranched alkanes of at least 4 members (excludes halogenated alkanes) is 1. The number of carbonyl (C=O) groups excluding carboxylic acids is 2. The van der Waals surface area contributed by atoms with E-state index in [1.165, 1.54) is 14.2 Å². The molecule has 0 unspecified atom stereocenters. The van der Waals surface area contributed by atoms with E-state index in [-0.39, 0.29) is 11.8 Å². The van der Waals surface area contributed by atoms with E-state index >= 15 is 0 Å². The van der Waals surface area contributed by atoms with Gasteiger partial charge in [0.05, 0.1) is 32.2 Å². The van der Waals surface area contributed by atoms with Crippen LogP contribution in [0.3, 0.4) is 0 Å². The first kappa shape index (κ1) is 24.6. The van der Waals surface area contributed by atoms with Crippen LogP contribution in [0.25, 0.3) is 0 Å². The van der Waals surface area contributed by atoms with Gasteiger partial charge in [0.25, 0.3) is 5.91 Å². The molecule has 0 atom stereocenters. The number of carbonyl (C=O) groups is 2. The molecule has 7 nitrogen and oxygen atoms in total. The molecule has 3 aromatic rings. The lowest BCUT2D eigenvalue weighted by molar-refractivity contribution is -0.116. The molecule has 0 aliphatic rings. The first-order chi connectivity index (χ1) is 16.5. The fraction of sp³-hybridized carbons (Fsp3) is 0.259. The third-order valence-electron chi connectivity index (χ3n) is 5.14. The summed E-state index contributed by atoms with van der Waals surface area (Å²) >= 11 is 0. The maximum Gasteiger partial charge on any atom is 0.255 e. The van der Waals surface area contributed by atoms with Crippen LogP contribution >= 0.6 is 0 Å². The number of methoxy groups -OCH3 is 2. The summed E-state index contributed by atoms with van der Waals surface area (Å²) in [6.07, 6.45) is 1.78. The summed E-state index contributed by atoms with van der Waals surface area (Å²) in [7, 11) is 3.00. The Morgan fingerprint density at radius 2 is 1.47 bits per heavy atom. The number of hydrogen-bond acceptors (Lipinski definition) is 5. The van der Waals surface area contributed by atoms with Gasteiger partial charge in [0.15, 0.2) is 0 Å². The minimum absolute atomic E-state index is 0.142. The summed E-state index contributed by atoms with van der Waals surface area (Å²) in [4.78, 5) is 25.0. The standard InChI is InChI=1S/C27H30N2O5/c1-19-10-9-13-21(16-19)34-15-8-7-14-26(30)28-22-17-25(33-3)23(18-24(22)32-2)29-27(31)20-11-5-4-6-12-20/h4-6,9-13,16-18H,7-8,14-15H2,1-3H3,(H,28,30)(H,29,31). The number of anilines is 2. The molecule has 3 aromatic carbocycles. The molecule has 0 bridgehead atoms. The summed E-state index contributed by atoms with van der Waals surface area (Å²) < 4.78 is 16.6. The minimum Gasteiger partial charge on any atom is -0.494 e. The number of hydrogen-bond donors (Lipinski definition) is 2. The maximum atomic E-state index is 12.5. The Morgan fingerprint density at radius 3 is 2.12 bits per heavy atom. The van der Waals surface area contributed by atoms with Crippen LogP contribution in [-0.2, 0) is 4.79 Å². The topological polar surface area (TPSA) is 85.9 Å². The van der Waals surface area contributed by atoms with Crippen LogP contribution in [-0.4, -0.2) is 32.6 Å². The second kappa shape index (κ2) is 12.3. The molecule has 2 N–H and O–H groups in total. The SMILES string of the molecule is COc1cc(NC(=O)c2ccccc2)c(OC)cc1NC(=O)CCCCOc1cccc(C)c1. The predicted molar refractivity (Wildman–Crippen MR) is 133 cm³/mol.